The van der Waals surface area contributed by atoms with Gasteiger partial charge >= 0.3 is 6.03 Å². The molecule has 2 aliphatic rings. The molecule has 0 bridgehead atoms. The zero-order valence-corrected chi connectivity index (χ0v) is 21.5. The van der Waals surface area contributed by atoms with Gasteiger partial charge in [-0.15, -0.1) is 11.3 Å². The van der Waals surface area contributed by atoms with Crippen molar-refractivity contribution < 1.29 is 23.1 Å². The lowest BCUT2D eigenvalue weighted by Gasteiger charge is -2.40. The third-order valence-electron chi connectivity index (χ3n) is 6.64. The van der Waals surface area contributed by atoms with E-state index < -0.39 is 12.0 Å². The molecule has 1 saturated heterocycles. The number of urea groups is 1. The summed E-state index contributed by atoms with van der Waals surface area (Å²) in [4.78, 5) is 24.1. The molecule has 1 aromatic heterocycles. The smallest absolute Gasteiger partial charge is 0.349 e. The van der Waals surface area contributed by atoms with Crippen molar-refractivity contribution in [1.29, 1.82) is 0 Å². The Labute approximate surface area is 213 Å². The van der Waals surface area contributed by atoms with Crippen molar-refractivity contribution in [3.05, 3.63) is 63.2 Å². The number of carbonyl (C=O) groups is 1. The van der Waals surface area contributed by atoms with E-state index in [-0.39, 0.29) is 29.8 Å². The van der Waals surface area contributed by atoms with Gasteiger partial charge in [0.25, 0.3) is 5.92 Å². The van der Waals surface area contributed by atoms with Crippen LogP contribution in [0.3, 0.4) is 0 Å². The quantitative estimate of drug-likeness (QED) is 0.560. The van der Waals surface area contributed by atoms with Gasteiger partial charge in [-0.2, -0.15) is 4.99 Å². The molecule has 0 saturated carbocycles. The molecule has 1 N–H and O–H groups in total. The maximum Gasteiger partial charge on any atom is 0.349 e. The molecule has 36 heavy (non-hydrogen) atoms. The summed E-state index contributed by atoms with van der Waals surface area (Å²) in [6, 6.07) is 7.07. The van der Waals surface area contributed by atoms with E-state index in [0.717, 1.165) is 29.6 Å². The van der Waals surface area contributed by atoms with E-state index in [2.05, 4.69) is 14.8 Å². The lowest BCUT2D eigenvalue weighted by molar-refractivity contribution is 0.0215. The number of rotatable bonds is 5. The van der Waals surface area contributed by atoms with Crippen molar-refractivity contribution in [2.75, 3.05) is 31.1 Å². The number of thiophene rings is 1. The lowest BCUT2D eigenvalue weighted by atomic mass is 10.0. The second-order valence-electron chi connectivity index (χ2n) is 9.38. The van der Waals surface area contributed by atoms with Crippen LogP contribution >= 0.6 is 11.3 Å². The number of benzene rings is 1. The molecule has 194 valence electrons. The van der Waals surface area contributed by atoms with Gasteiger partial charge in [0.2, 0.25) is 0 Å². The first-order valence-corrected chi connectivity index (χ1v) is 12.8. The lowest BCUT2D eigenvalue weighted by Crippen LogP contribution is -2.51. The van der Waals surface area contributed by atoms with Gasteiger partial charge in [0.15, 0.2) is 0 Å². The molecule has 1 aromatic carbocycles. The van der Waals surface area contributed by atoms with Crippen molar-refractivity contribution in [2.45, 2.75) is 46.3 Å². The Hall–Kier alpha value is -2.85. The number of carbonyl (C=O) groups excluding carboxylic acids is 1. The van der Waals surface area contributed by atoms with Gasteiger partial charge in [-0.05, 0) is 43.7 Å². The van der Waals surface area contributed by atoms with E-state index in [0.29, 0.717) is 48.9 Å². The summed E-state index contributed by atoms with van der Waals surface area (Å²) in [6.07, 6.45) is 2.70. The van der Waals surface area contributed by atoms with Crippen molar-refractivity contribution in [1.82, 2.24) is 9.80 Å². The average molecular weight is 521 g/mol. The van der Waals surface area contributed by atoms with Crippen LogP contribution in [-0.2, 0) is 19.1 Å². The van der Waals surface area contributed by atoms with E-state index in [4.69, 9.17) is 0 Å². The normalized spacial score (nSPS) is 19.7. The van der Waals surface area contributed by atoms with Crippen LogP contribution in [0.1, 0.15) is 42.5 Å². The summed E-state index contributed by atoms with van der Waals surface area (Å²) in [6.45, 7) is 7.23. The summed E-state index contributed by atoms with van der Waals surface area (Å²) < 4.78 is 40.9. The van der Waals surface area contributed by atoms with Crippen LogP contribution in [-0.4, -0.2) is 53.0 Å². The number of hydrogen-bond donors (Lipinski definition) is 1. The topological polar surface area (TPSA) is 59.4 Å². The summed E-state index contributed by atoms with van der Waals surface area (Å²) >= 11 is 1.00. The molecule has 0 aliphatic carbocycles. The van der Waals surface area contributed by atoms with Crippen LogP contribution in [0.15, 0.2) is 47.1 Å². The number of piperazine rings is 1. The van der Waals surface area contributed by atoms with Gasteiger partial charge < -0.3 is 14.9 Å². The van der Waals surface area contributed by atoms with Crippen molar-refractivity contribution in [3.63, 3.8) is 0 Å². The third-order valence-corrected chi connectivity index (χ3v) is 7.88. The van der Waals surface area contributed by atoms with E-state index in [1.54, 1.807) is 12.1 Å². The Balaban J connectivity index is 1.49. The highest BCUT2D eigenvalue weighted by molar-refractivity contribution is 7.12. The van der Waals surface area contributed by atoms with Gasteiger partial charge in [-0.1, -0.05) is 13.0 Å². The van der Waals surface area contributed by atoms with E-state index in [1.165, 1.54) is 23.1 Å². The second-order valence-corrected chi connectivity index (χ2v) is 10.5. The maximum absolute atomic E-state index is 13.7. The van der Waals surface area contributed by atoms with Gasteiger partial charge in [-0.25, -0.2) is 18.0 Å². The second kappa shape index (κ2) is 10.6. The van der Waals surface area contributed by atoms with E-state index in [9.17, 15) is 23.1 Å². The molecule has 1 unspecified atom stereocenters. The molecular weight excluding hydrogens is 489 g/mol. The third kappa shape index (κ3) is 5.75. The Morgan fingerprint density at radius 2 is 1.83 bits per heavy atom. The Bertz CT molecular complexity index is 1170. The van der Waals surface area contributed by atoms with E-state index >= 15 is 0 Å². The minimum atomic E-state index is -2.91. The van der Waals surface area contributed by atoms with Crippen molar-refractivity contribution in [2.24, 2.45) is 10.9 Å². The van der Waals surface area contributed by atoms with Crippen LogP contribution in [0, 0.1) is 11.7 Å². The molecule has 1 atom stereocenters. The number of alkyl halides is 2. The van der Waals surface area contributed by atoms with Crippen LogP contribution < -0.4 is 4.90 Å². The first-order valence-electron chi connectivity index (χ1n) is 12.0. The summed E-state index contributed by atoms with van der Waals surface area (Å²) in [5.74, 6) is -2.55. The number of amidine groups is 1. The molecule has 2 aliphatic heterocycles. The zero-order valence-electron chi connectivity index (χ0n) is 20.7. The zero-order chi connectivity index (χ0) is 26.0. The van der Waals surface area contributed by atoms with Crippen LogP contribution in [0.25, 0.3) is 0 Å². The van der Waals surface area contributed by atoms with E-state index in [1.807, 2.05) is 19.9 Å². The number of allylic oxidation sites excluding steroid dienone is 2. The molecule has 6 nitrogen and oxygen atoms in total. The predicted molar refractivity (Wildman–Crippen MR) is 136 cm³/mol. The van der Waals surface area contributed by atoms with Crippen LogP contribution in [0.2, 0.25) is 0 Å². The molecule has 10 heteroatoms. The van der Waals surface area contributed by atoms with Crippen LogP contribution in [0.4, 0.5) is 23.7 Å². The van der Waals surface area contributed by atoms with Gasteiger partial charge in [0, 0.05) is 60.8 Å². The maximum atomic E-state index is 13.7. The highest BCUT2D eigenvalue weighted by atomic mass is 32.1. The number of aliphatic hydroxyl groups is 1. The first kappa shape index (κ1) is 26.2. The SMILES string of the molecule is CC1=CCC(C)C(N2CCN(c3ccc(F)cc3CO)CC2)=NC(=O)N1Cc1ccc(C(C)(F)F)s1. The number of nitrogens with zero attached hydrogens (tertiary/aromatic N) is 4. The molecular formula is C26H31F3N4O2S. The first-order chi connectivity index (χ1) is 17.1. The Morgan fingerprint density at radius 3 is 2.47 bits per heavy atom. The fourth-order valence-electron chi connectivity index (χ4n) is 4.58. The fraction of sp³-hybridized carbons (Fsp3) is 0.462. The fourth-order valence-corrected chi connectivity index (χ4v) is 5.50. The summed E-state index contributed by atoms with van der Waals surface area (Å²) in [5, 5.41) is 9.64. The molecule has 2 aromatic rings. The van der Waals surface area contributed by atoms with Crippen molar-refractivity contribution >= 4 is 28.9 Å². The largest absolute Gasteiger partial charge is 0.392 e. The number of anilines is 1. The number of aliphatic imine (C=N–C) groups is 1. The predicted octanol–water partition coefficient (Wildman–Crippen LogP) is 5.58. The summed E-state index contributed by atoms with van der Waals surface area (Å²) in [5.41, 5.74) is 2.11. The Morgan fingerprint density at radius 1 is 1.14 bits per heavy atom. The van der Waals surface area contributed by atoms with Crippen LogP contribution in [0.5, 0.6) is 0 Å². The highest BCUT2D eigenvalue weighted by Gasteiger charge is 2.30. The number of amides is 2. The summed E-state index contributed by atoms with van der Waals surface area (Å²) in [7, 11) is 0. The number of aliphatic hydroxyl groups excluding tert-OH is 1. The minimum Gasteiger partial charge on any atom is -0.392 e. The number of hydrogen-bond acceptors (Lipinski definition) is 5. The van der Waals surface area contributed by atoms with Gasteiger partial charge in [0.1, 0.15) is 11.7 Å². The molecule has 3 heterocycles. The minimum absolute atomic E-state index is 0.0279. The molecule has 1 fully saturated rings. The monoisotopic (exact) mass is 520 g/mol. The molecule has 4 rings (SSSR count). The number of halogens is 3. The molecule has 0 radical (unpaired) electrons. The van der Waals surface area contributed by atoms with Crippen molar-refractivity contribution in [3.8, 4) is 0 Å². The standard InChI is InChI=1S/C26H31F3N4O2S/c1-17-4-5-18(2)33(15-21-7-9-23(36-21)26(3,28)29)25(35)30-24(17)32-12-10-31(11-13-32)22-8-6-20(27)14-19(22)16-34/h5-9,14,17,34H,4,10-13,15-16H2,1-3H3. The molecule has 0 spiro atoms. The van der Waals surface area contributed by atoms with Gasteiger partial charge in [-0.3, -0.25) is 4.90 Å². The molecule has 2 amide bonds. The Kier molecular flexibility index (Phi) is 7.75. The average Bonchev–Trinajstić information content (AvgIpc) is 3.33. The van der Waals surface area contributed by atoms with Gasteiger partial charge in [0.05, 0.1) is 18.0 Å². The highest BCUT2D eigenvalue weighted by Crippen LogP contribution is 2.34.